The number of hydrogen-bond acceptors (Lipinski definition) is 0. The molecule has 0 bridgehead atoms. The zero-order chi connectivity index (χ0) is 14.7. The lowest BCUT2D eigenvalue weighted by Gasteiger charge is -2.16. The third kappa shape index (κ3) is 3.01. The molecule has 0 nitrogen and oxygen atoms in total. The van der Waals surface area contributed by atoms with Crippen LogP contribution in [0.1, 0.15) is 41.5 Å². The normalized spacial score (nSPS) is 12.4. The Hall–Kier alpha value is -1.41. The van der Waals surface area contributed by atoms with E-state index in [1.165, 1.54) is 12.1 Å². The molecule has 3 heteroatoms. The number of rotatable bonds is 4. The molecule has 0 fully saturated rings. The molecule has 106 valence electrons. The van der Waals surface area contributed by atoms with Gasteiger partial charge in [-0.15, -0.1) is 11.6 Å². The quantitative estimate of drug-likeness (QED) is 0.661. The van der Waals surface area contributed by atoms with Crippen molar-refractivity contribution in [2.24, 2.45) is 0 Å². The van der Waals surface area contributed by atoms with Crippen LogP contribution >= 0.6 is 11.6 Å². The van der Waals surface area contributed by atoms with Crippen molar-refractivity contribution >= 4 is 11.6 Å². The summed E-state index contributed by atoms with van der Waals surface area (Å²) in [5, 5.41) is -0.600. The van der Waals surface area contributed by atoms with Gasteiger partial charge < -0.3 is 0 Å². The molecule has 0 spiro atoms. The van der Waals surface area contributed by atoms with E-state index in [0.29, 0.717) is 5.56 Å². The van der Waals surface area contributed by atoms with Crippen LogP contribution in [-0.4, -0.2) is 0 Å². The van der Waals surface area contributed by atoms with Gasteiger partial charge in [0.15, 0.2) is 0 Å². The molecule has 0 aliphatic carbocycles. The second-order valence-corrected chi connectivity index (χ2v) is 5.21. The zero-order valence-electron chi connectivity index (χ0n) is 11.6. The summed E-state index contributed by atoms with van der Waals surface area (Å²) in [5.41, 5.74) is 3.46. The topological polar surface area (TPSA) is 0 Å². The maximum Gasteiger partial charge on any atom is 0.131 e. The van der Waals surface area contributed by atoms with E-state index in [1.807, 2.05) is 19.1 Å². The molecule has 1 atom stereocenters. The SMILES string of the molecule is CCc1ccc(CC)c(C(Cl)c2ccc(F)cc2F)c1. The summed E-state index contributed by atoms with van der Waals surface area (Å²) in [4.78, 5) is 0. The maximum absolute atomic E-state index is 13.9. The van der Waals surface area contributed by atoms with E-state index in [4.69, 9.17) is 11.6 Å². The minimum absolute atomic E-state index is 0.316. The molecule has 0 aliphatic rings. The Labute approximate surface area is 123 Å². The fourth-order valence-corrected chi connectivity index (χ4v) is 2.68. The standard InChI is InChI=1S/C17H17ClF2/c1-3-11-5-6-12(4-2)15(9-11)17(18)14-8-7-13(19)10-16(14)20/h5-10,17H,3-4H2,1-2H3. The molecule has 2 aromatic rings. The first kappa shape index (κ1) is 15.0. The van der Waals surface area contributed by atoms with Crippen molar-refractivity contribution < 1.29 is 8.78 Å². The van der Waals surface area contributed by atoms with Gasteiger partial charge in [-0.2, -0.15) is 0 Å². The van der Waals surface area contributed by atoms with Crippen LogP contribution < -0.4 is 0 Å². The van der Waals surface area contributed by atoms with Crippen LogP contribution in [0.2, 0.25) is 0 Å². The highest BCUT2D eigenvalue weighted by atomic mass is 35.5. The maximum atomic E-state index is 13.9. The molecular weight excluding hydrogens is 278 g/mol. The first-order chi connectivity index (χ1) is 9.56. The Balaban J connectivity index is 2.48. The second kappa shape index (κ2) is 6.36. The molecule has 0 saturated heterocycles. The summed E-state index contributed by atoms with van der Waals surface area (Å²) in [7, 11) is 0. The third-order valence-corrected chi connectivity index (χ3v) is 3.98. The van der Waals surface area contributed by atoms with Crippen LogP contribution in [0.3, 0.4) is 0 Å². The summed E-state index contributed by atoms with van der Waals surface area (Å²) >= 11 is 6.44. The van der Waals surface area contributed by atoms with Gasteiger partial charge in [0, 0.05) is 11.6 Å². The average molecular weight is 295 g/mol. The van der Waals surface area contributed by atoms with Gasteiger partial charge >= 0.3 is 0 Å². The van der Waals surface area contributed by atoms with Crippen LogP contribution in [0.5, 0.6) is 0 Å². The first-order valence-corrected chi connectivity index (χ1v) is 7.21. The predicted molar refractivity (Wildman–Crippen MR) is 79.3 cm³/mol. The molecule has 2 aromatic carbocycles. The number of benzene rings is 2. The van der Waals surface area contributed by atoms with E-state index in [9.17, 15) is 8.78 Å². The van der Waals surface area contributed by atoms with Crippen LogP contribution in [0.15, 0.2) is 36.4 Å². The van der Waals surface area contributed by atoms with Crippen molar-refractivity contribution in [3.05, 3.63) is 70.3 Å². The van der Waals surface area contributed by atoms with Gasteiger partial charge in [-0.1, -0.05) is 38.1 Å². The number of aryl methyl sites for hydroxylation is 2. The van der Waals surface area contributed by atoms with Crippen molar-refractivity contribution in [3.63, 3.8) is 0 Å². The summed E-state index contributed by atoms with van der Waals surface area (Å²) in [5.74, 6) is -1.19. The molecule has 1 unspecified atom stereocenters. The lowest BCUT2D eigenvalue weighted by molar-refractivity contribution is 0.573. The summed E-state index contributed by atoms with van der Waals surface area (Å²) in [6.45, 7) is 4.10. The Morgan fingerprint density at radius 2 is 1.70 bits per heavy atom. The minimum atomic E-state index is -0.603. The molecule has 2 rings (SSSR count). The van der Waals surface area contributed by atoms with Gasteiger partial charge in [0.2, 0.25) is 0 Å². The molecule has 0 amide bonds. The van der Waals surface area contributed by atoms with Crippen molar-refractivity contribution in [2.45, 2.75) is 32.1 Å². The lowest BCUT2D eigenvalue weighted by atomic mass is 9.95. The van der Waals surface area contributed by atoms with E-state index < -0.39 is 17.0 Å². The van der Waals surface area contributed by atoms with Crippen LogP contribution in [-0.2, 0) is 12.8 Å². The molecule has 0 heterocycles. The molecule has 0 aromatic heterocycles. The monoisotopic (exact) mass is 294 g/mol. The molecule has 0 N–H and O–H groups in total. The minimum Gasteiger partial charge on any atom is -0.207 e. The number of hydrogen-bond donors (Lipinski definition) is 0. The van der Waals surface area contributed by atoms with Crippen LogP contribution in [0, 0.1) is 11.6 Å². The lowest BCUT2D eigenvalue weighted by Crippen LogP contribution is -2.02. The second-order valence-electron chi connectivity index (χ2n) is 4.77. The zero-order valence-corrected chi connectivity index (χ0v) is 12.3. The smallest absolute Gasteiger partial charge is 0.131 e. The Morgan fingerprint density at radius 3 is 2.30 bits per heavy atom. The van der Waals surface area contributed by atoms with Gasteiger partial charge in [0.1, 0.15) is 11.6 Å². The predicted octanol–water partition coefficient (Wildman–Crippen LogP) is 5.42. The first-order valence-electron chi connectivity index (χ1n) is 6.77. The van der Waals surface area contributed by atoms with Gasteiger partial charge in [0.05, 0.1) is 5.38 Å². The average Bonchev–Trinajstić information content (AvgIpc) is 2.46. The Morgan fingerprint density at radius 1 is 0.950 bits per heavy atom. The third-order valence-electron chi connectivity index (χ3n) is 3.51. The summed E-state index contributed by atoms with van der Waals surface area (Å²) in [6.07, 6.45) is 1.72. The summed E-state index contributed by atoms with van der Waals surface area (Å²) in [6, 6.07) is 9.64. The van der Waals surface area contributed by atoms with Gasteiger partial charge in [-0.05, 0) is 35.6 Å². The van der Waals surface area contributed by atoms with Crippen LogP contribution in [0.25, 0.3) is 0 Å². The van der Waals surface area contributed by atoms with E-state index in [1.54, 1.807) is 0 Å². The Bertz CT molecular complexity index is 608. The molecule has 20 heavy (non-hydrogen) atoms. The van der Waals surface area contributed by atoms with Crippen molar-refractivity contribution in [2.75, 3.05) is 0 Å². The highest BCUT2D eigenvalue weighted by Gasteiger charge is 2.18. The van der Waals surface area contributed by atoms with Crippen molar-refractivity contribution in [1.29, 1.82) is 0 Å². The van der Waals surface area contributed by atoms with Crippen LogP contribution in [0.4, 0.5) is 8.78 Å². The van der Waals surface area contributed by atoms with Gasteiger partial charge in [0.25, 0.3) is 0 Å². The molecular formula is C17H17ClF2. The number of halogens is 3. The highest BCUT2D eigenvalue weighted by molar-refractivity contribution is 6.22. The van der Waals surface area contributed by atoms with E-state index in [-0.39, 0.29) is 0 Å². The molecule has 0 aliphatic heterocycles. The molecule has 0 saturated carbocycles. The fraction of sp³-hybridized carbons (Fsp3) is 0.294. The largest absolute Gasteiger partial charge is 0.207 e. The van der Waals surface area contributed by atoms with Crippen molar-refractivity contribution in [1.82, 2.24) is 0 Å². The highest BCUT2D eigenvalue weighted by Crippen LogP contribution is 2.34. The molecule has 0 radical (unpaired) electrons. The Kier molecular flexibility index (Phi) is 4.77. The van der Waals surface area contributed by atoms with Gasteiger partial charge in [-0.25, -0.2) is 8.78 Å². The fourth-order valence-electron chi connectivity index (χ4n) is 2.30. The summed E-state index contributed by atoms with van der Waals surface area (Å²) < 4.78 is 26.9. The van der Waals surface area contributed by atoms with E-state index in [0.717, 1.165) is 35.6 Å². The van der Waals surface area contributed by atoms with Crippen molar-refractivity contribution in [3.8, 4) is 0 Å². The number of alkyl halides is 1. The van der Waals surface area contributed by atoms with E-state index in [2.05, 4.69) is 13.0 Å². The van der Waals surface area contributed by atoms with Gasteiger partial charge in [-0.3, -0.25) is 0 Å². The van der Waals surface area contributed by atoms with E-state index >= 15 is 0 Å².